The average molecular weight is 278 g/mol. The fourth-order valence-electron chi connectivity index (χ4n) is 1.38. The highest BCUT2D eigenvalue weighted by Crippen LogP contribution is 1.94. The monoisotopic (exact) mass is 276 g/mol. The van der Waals surface area contributed by atoms with Crippen molar-refractivity contribution >= 4 is 35.6 Å². The molecule has 0 saturated heterocycles. The number of hydrogen-bond acceptors (Lipinski definition) is 2. The Hall–Kier alpha value is 0.790. The molecule has 0 aliphatic carbocycles. The first-order chi connectivity index (χ1) is 6.78. The largest absolute Gasteiger partial charge is 0.301 e. The molecule has 15 heavy (non-hydrogen) atoms. The standard InChI is InChI=1S/C10H22Cl2N2.ClH/c1-3-13(7-5-11)9-10-14(4-2)8-6-12;/h3-10H2,1-2H3;1H. The van der Waals surface area contributed by atoms with Crippen molar-refractivity contribution in [2.45, 2.75) is 13.8 Å². The summed E-state index contributed by atoms with van der Waals surface area (Å²) in [5.74, 6) is 1.44. The first-order valence-electron chi connectivity index (χ1n) is 5.35. The van der Waals surface area contributed by atoms with E-state index in [4.69, 9.17) is 23.2 Å². The van der Waals surface area contributed by atoms with E-state index in [2.05, 4.69) is 23.6 Å². The SMILES string of the molecule is CCN(CCCl)CCN(CC)CCCl.Cl. The zero-order valence-electron chi connectivity index (χ0n) is 9.72. The molecule has 94 valence electrons. The predicted molar refractivity (Wildman–Crippen MR) is 72.9 cm³/mol. The van der Waals surface area contributed by atoms with Crippen LogP contribution in [0.1, 0.15) is 13.8 Å². The lowest BCUT2D eigenvalue weighted by Gasteiger charge is -2.24. The summed E-state index contributed by atoms with van der Waals surface area (Å²) in [7, 11) is 0. The molecule has 0 spiro atoms. The molecule has 0 aromatic heterocycles. The first-order valence-corrected chi connectivity index (χ1v) is 6.42. The molecule has 0 unspecified atom stereocenters. The Kier molecular flexibility index (Phi) is 15.6. The van der Waals surface area contributed by atoms with Crippen molar-refractivity contribution in [3.05, 3.63) is 0 Å². The van der Waals surface area contributed by atoms with Gasteiger partial charge < -0.3 is 9.80 Å². The summed E-state index contributed by atoms with van der Waals surface area (Å²) in [4.78, 5) is 4.73. The molecule has 0 fully saturated rings. The topological polar surface area (TPSA) is 6.48 Å². The minimum atomic E-state index is 0. The summed E-state index contributed by atoms with van der Waals surface area (Å²) in [5, 5.41) is 0. The van der Waals surface area contributed by atoms with Crippen LogP contribution in [0.3, 0.4) is 0 Å². The summed E-state index contributed by atoms with van der Waals surface area (Å²) in [5.41, 5.74) is 0. The van der Waals surface area contributed by atoms with Crippen LogP contribution >= 0.6 is 35.6 Å². The minimum Gasteiger partial charge on any atom is -0.301 e. The van der Waals surface area contributed by atoms with Gasteiger partial charge >= 0.3 is 0 Å². The average Bonchev–Trinajstić information content (AvgIpc) is 2.22. The van der Waals surface area contributed by atoms with E-state index >= 15 is 0 Å². The van der Waals surface area contributed by atoms with E-state index in [1.807, 2.05) is 0 Å². The van der Waals surface area contributed by atoms with Gasteiger partial charge in [0.05, 0.1) is 0 Å². The maximum absolute atomic E-state index is 5.71. The summed E-state index contributed by atoms with van der Waals surface area (Å²) < 4.78 is 0. The van der Waals surface area contributed by atoms with Crippen LogP contribution in [0.4, 0.5) is 0 Å². The van der Waals surface area contributed by atoms with Crippen LogP contribution in [0.15, 0.2) is 0 Å². The molecule has 5 heteroatoms. The number of hydrogen-bond donors (Lipinski definition) is 0. The highest BCUT2D eigenvalue weighted by molar-refractivity contribution is 6.18. The molecule has 0 bridgehead atoms. The Morgan fingerprint density at radius 1 is 0.733 bits per heavy atom. The molecular weight excluding hydrogens is 254 g/mol. The lowest BCUT2D eigenvalue weighted by Crippen LogP contribution is -2.36. The van der Waals surface area contributed by atoms with Gasteiger partial charge in [-0.2, -0.15) is 0 Å². The van der Waals surface area contributed by atoms with Gasteiger partial charge in [-0.3, -0.25) is 0 Å². The zero-order valence-corrected chi connectivity index (χ0v) is 12.0. The summed E-state index contributed by atoms with van der Waals surface area (Å²) >= 11 is 11.4. The van der Waals surface area contributed by atoms with E-state index in [1.165, 1.54) is 0 Å². The van der Waals surface area contributed by atoms with Gasteiger partial charge in [-0.1, -0.05) is 13.8 Å². The van der Waals surface area contributed by atoms with Crippen LogP contribution in [0.25, 0.3) is 0 Å². The third-order valence-corrected chi connectivity index (χ3v) is 2.77. The Morgan fingerprint density at radius 2 is 1.07 bits per heavy atom. The Bertz CT molecular complexity index is 111. The van der Waals surface area contributed by atoms with Crippen molar-refractivity contribution in [2.24, 2.45) is 0 Å². The van der Waals surface area contributed by atoms with Gasteiger partial charge in [0.2, 0.25) is 0 Å². The second-order valence-corrected chi connectivity index (χ2v) is 4.00. The second kappa shape index (κ2) is 12.9. The molecule has 0 saturated carbocycles. The van der Waals surface area contributed by atoms with Gasteiger partial charge in [-0.05, 0) is 13.1 Å². The van der Waals surface area contributed by atoms with Crippen LogP contribution in [0.5, 0.6) is 0 Å². The molecular formula is C10H23Cl3N2. The van der Waals surface area contributed by atoms with E-state index < -0.39 is 0 Å². The minimum absolute atomic E-state index is 0. The smallest absolute Gasteiger partial charge is 0.0351 e. The molecule has 0 amide bonds. The van der Waals surface area contributed by atoms with Crippen LogP contribution < -0.4 is 0 Å². The second-order valence-electron chi connectivity index (χ2n) is 3.25. The van der Waals surface area contributed by atoms with Crippen molar-refractivity contribution in [2.75, 3.05) is 51.0 Å². The molecule has 0 aromatic carbocycles. The van der Waals surface area contributed by atoms with Crippen LogP contribution in [-0.2, 0) is 0 Å². The lowest BCUT2D eigenvalue weighted by molar-refractivity contribution is 0.229. The van der Waals surface area contributed by atoms with Gasteiger partial charge in [0.1, 0.15) is 0 Å². The van der Waals surface area contributed by atoms with Crippen LogP contribution in [0.2, 0.25) is 0 Å². The van der Waals surface area contributed by atoms with Gasteiger partial charge in [0.15, 0.2) is 0 Å². The van der Waals surface area contributed by atoms with E-state index in [0.717, 1.165) is 51.0 Å². The Morgan fingerprint density at radius 3 is 1.27 bits per heavy atom. The fraction of sp³-hybridized carbons (Fsp3) is 1.00. The van der Waals surface area contributed by atoms with E-state index in [-0.39, 0.29) is 12.4 Å². The molecule has 0 aliphatic heterocycles. The Labute approximate surface area is 110 Å². The number of alkyl halides is 2. The first kappa shape index (κ1) is 18.2. The molecule has 2 nitrogen and oxygen atoms in total. The van der Waals surface area contributed by atoms with Gasteiger partial charge in [0.25, 0.3) is 0 Å². The molecule has 0 radical (unpaired) electrons. The van der Waals surface area contributed by atoms with Crippen molar-refractivity contribution in [3.8, 4) is 0 Å². The van der Waals surface area contributed by atoms with Crippen LogP contribution in [-0.4, -0.2) is 60.8 Å². The third-order valence-electron chi connectivity index (χ3n) is 2.43. The lowest BCUT2D eigenvalue weighted by atomic mass is 10.4. The number of nitrogens with zero attached hydrogens (tertiary/aromatic N) is 2. The highest BCUT2D eigenvalue weighted by Gasteiger charge is 2.05. The highest BCUT2D eigenvalue weighted by atomic mass is 35.5. The summed E-state index contributed by atoms with van der Waals surface area (Å²) in [6.45, 7) is 10.6. The molecule has 0 rings (SSSR count). The van der Waals surface area contributed by atoms with Crippen molar-refractivity contribution in [1.29, 1.82) is 0 Å². The number of likely N-dealkylation sites (N-methyl/N-ethyl adjacent to an activating group) is 2. The zero-order chi connectivity index (χ0) is 10.8. The molecule has 0 heterocycles. The predicted octanol–water partition coefficient (Wildman–Crippen LogP) is 2.53. The molecule has 0 atom stereocenters. The quantitative estimate of drug-likeness (QED) is 0.598. The van der Waals surface area contributed by atoms with Gasteiger partial charge in [0, 0.05) is 37.9 Å². The van der Waals surface area contributed by atoms with Crippen molar-refractivity contribution in [1.82, 2.24) is 9.80 Å². The fourth-order valence-corrected chi connectivity index (χ4v) is 1.86. The maximum Gasteiger partial charge on any atom is 0.0351 e. The van der Waals surface area contributed by atoms with E-state index in [0.29, 0.717) is 0 Å². The number of halogens is 3. The van der Waals surface area contributed by atoms with E-state index in [1.54, 1.807) is 0 Å². The Balaban J connectivity index is 0. The number of rotatable bonds is 9. The van der Waals surface area contributed by atoms with Crippen molar-refractivity contribution in [3.63, 3.8) is 0 Å². The summed E-state index contributed by atoms with van der Waals surface area (Å²) in [6, 6.07) is 0. The third kappa shape index (κ3) is 9.70. The molecule has 0 aromatic rings. The van der Waals surface area contributed by atoms with Gasteiger partial charge in [-0.25, -0.2) is 0 Å². The van der Waals surface area contributed by atoms with Crippen LogP contribution in [0, 0.1) is 0 Å². The van der Waals surface area contributed by atoms with Gasteiger partial charge in [-0.15, -0.1) is 35.6 Å². The maximum atomic E-state index is 5.71. The molecule has 0 aliphatic rings. The van der Waals surface area contributed by atoms with Crippen molar-refractivity contribution < 1.29 is 0 Å². The molecule has 0 N–H and O–H groups in total. The normalized spacial score (nSPS) is 10.8. The summed E-state index contributed by atoms with van der Waals surface area (Å²) in [6.07, 6.45) is 0. The van der Waals surface area contributed by atoms with E-state index in [9.17, 15) is 0 Å².